The number of anilines is 1. The first kappa shape index (κ1) is 19.3. The number of rotatable bonds is 4. The average molecular weight is 444 g/mol. The van der Waals surface area contributed by atoms with E-state index in [2.05, 4.69) is 15.9 Å². The second-order valence-electron chi connectivity index (χ2n) is 6.09. The fraction of sp³-hybridized carbons (Fsp3) is 0.0952. The van der Waals surface area contributed by atoms with Gasteiger partial charge in [0.05, 0.1) is 16.1 Å². The number of benzene rings is 3. The molecule has 0 aliphatic carbocycles. The fourth-order valence-corrected chi connectivity index (χ4v) is 4.69. The molecule has 0 spiro atoms. The molecule has 0 heterocycles. The average Bonchev–Trinajstić information content (AvgIpc) is 2.66. The van der Waals surface area contributed by atoms with Crippen LogP contribution in [-0.4, -0.2) is 14.3 Å². The van der Waals surface area contributed by atoms with E-state index in [4.69, 9.17) is 0 Å². The van der Waals surface area contributed by atoms with E-state index >= 15 is 0 Å². The summed E-state index contributed by atoms with van der Waals surface area (Å²) < 4.78 is 28.3. The first-order chi connectivity index (χ1) is 12.8. The molecule has 138 valence electrons. The SMILES string of the molecule is Cc1cccc(N(C(=O)c2ccccc2Br)S(=O)(=O)c2ccccc2)c1C. The third kappa shape index (κ3) is 3.68. The Morgan fingerprint density at radius 2 is 1.48 bits per heavy atom. The van der Waals surface area contributed by atoms with Crippen molar-refractivity contribution in [3.05, 3.63) is 94.0 Å². The van der Waals surface area contributed by atoms with Gasteiger partial charge in [0, 0.05) is 4.47 Å². The molecule has 0 aliphatic heterocycles. The quantitative estimate of drug-likeness (QED) is 0.563. The van der Waals surface area contributed by atoms with E-state index in [0.717, 1.165) is 15.4 Å². The van der Waals surface area contributed by atoms with Crippen molar-refractivity contribution >= 4 is 37.5 Å². The van der Waals surface area contributed by atoms with E-state index in [-0.39, 0.29) is 10.5 Å². The summed E-state index contributed by atoms with van der Waals surface area (Å²) in [5, 5.41) is 0. The number of hydrogen-bond donors (Lipinski definition) is 0. The number of nitrogens with zero attached hydrogens (tertiary/aromatic N) is 1. The third-order valence-corrected chi connectivity index (χ3v) is 6.77. The summed E-state index contributed by atoms with van der Waals surface area (Å²) in [6.45, 7) is 3.69. The maximum absolute atomic E-state index is 13.4. The Labute approximate surface area is 167 Å². The monoisotopic (exact) mass is 443 g/mol. The van der Waals surface area contributed by atoms with Crippen LogP contribution < -0.4 is 4.31 Å². The number of hydrogen-bond acceptors (Lipinski definition) is 3. The number of sulfonamides is 1. The molecular weight excluding hydrogens is 426 g/mol. The first-order valence-electron chi connectivity index (χ1n) is 8.29. The molecule has 0 N–H and O–H groups in total. The van der Waals surface area contributed by atoms with Crippen LogP contribution in [0.3, 0.4) is 0 Å². The molecule has 3 rings (SSSR count). The van der Waals surface area contributed by atoms with Crippen LogP contribution in [-0.2, 0) is 10.0 Å². The van der Waals surface area contributed by atoms with Crippen LogP contribution in [0, 0.1) is 13.8 Å². The van der Waals surface area contributed by atoms with Crippen LogP contribution in [0.1, 0.15) is 21.5 Å². The Kier molecular flexibility index (Phi) is 5.48. The van der Waals surface area contributed by atoms with E-state index in [9.17, 15) is 13.2 Å². The van der Waals surface area contributed by atoms with E-state index in [0.29, 0.717) is 10.2 Å². The number of aryl methyl sites for hydroxylation is 1. The normalized spacial score (nSPS) is 11.2. The van der Waals surface area contributed by atoms with Gasteiger partial charge in [0.1, 0.15) is 0 Å². The highest BCUT2D eigenvalue weighted by atomic mass is 79.9. The van der Waals surface area contributed by atoms with Gasteiger partial charge in [-0.25, -0.2) is 8.42 Å². The van der Waals surface area contributed by atoms with Crippen LogP contribution in [0.2, 0.25) is 0 Å². The summed E-state index contributed by atoms with van der Waals surface area (Å²) in [5.74, 6) is -0.611. The minimum absolute atomic E-state index is 0.0614. The molecule has 3 aromatic carbocycles. The summed E-state index contributed by atoms with van der Waals surface area (Å²) in [4.78, 5) is 13.4. The van der Waals surface area contributed by atoms with Gasteiger partial charge in [-0.3, -0.25) is 4.79 Å². The van der Waals surface area contributed by atoms with Crippen LogP contribution >= 0.6 is 15.9 Å². The highest BCUT2D eigenvalue weighted by Crippen LogP contribution is 2.31. The number of carbonyl (C=O) groups excluding carboxylic acids is 1. The molecule has 3 aromatic rings. The molecular formula is C21H18BrNO3S. The van der Waals surface area contributed by atoms with Gasteiger partial charge in [0.2, 0.25) is 0 Å². The van der Waals surface area contributed by atoms with E-state index in [1.807, 2.05) is 19.9 Å². The molecule has 0 radical (unpaired) electrons. The van der Waals surface area contributed by atoms with Gasteiger partial charge in [-0.15, -0.1) is 0 Å². The molecule has 1 amide bonds. The molecule has 0 atom stereocenters. The number of amides is 1. The molecule has 0 fully saturated rings. The maximum Gasteiger partial charge on any atom is 0.273 e. The van der Waals surface area contributed by atoms with E-state index < -0.39 is 15.9 Å². The highest BCUT2D eigenvalue weighted by Gasteiger charge is 2.33. The van der Waals surface area contributed by atoms with Gasteiger partial charge in [0.15, 0.2) is 0 Å². The van der Waals surface area contributed by atoms with Crippen molar-refractivity contribution in [1.29, 1.82) is 0 Å². The van der Waals surface area contributed by atoms with Gasteiger partial charge in [0.25, 0.3) is 15.9 Å². The molecule has 0 saturated carbocycles. The lowest BCUT2D eigenvalue weighted by Crippen LogP contribution is -2.37. The predicted octanol–water partition coefficient (Wildman–Crippen LogP) is 5.10. The van der Waals surface area contributed by atoms with Gasteiger partial charge in [-0.05, 0) is 71.2 Å². The molecule has 4 nitrogen and oxygen atoms in total. The lowest BCUT2D eigenvalue weighted by Gasteiger charge is -2.25. The maximum atomic E-state index is 13.4. The van der Waals surface area contributed by atoms with Crippen LogP contribution in [0.25, 0.3) is 0 Å². The largest absolute Gasteiger partial charge is 0.273 e. The second-order valence-corrected chi connectivity index (χ2v) is 8.73. The molecule has 0 aromatic heterocycles. The molecule has 0 aliphatic rings. The standard InChI is InChI=1S/C21H18BrNO3S/c1-15-9-8-14-20(16(15)2)23(21(24)18-12-6-7-13-19(18)22)27(25,26)17-10-4-3-5-11-17/h3-14H,1-2H3. The van der Waals surface area contributed by atoms with Gasteiger partial charge in [-0.1, -0.05) is 42.5 Å². The molecule has 0 bridgehead atoms. The van der Waals surface area contributed by atoms with Crippen molar-refractivity contribution in [1.82, 2.24) is 0 Å². The van der Waals surface area contributed by atoms with E-state index in [1.165, 1.54) is 12.1 Å². The summed E-state index contributed by atoms with van der Waals surface area (Å²) in [6.07, 6.45) is 0. The molecule has 0 unspecified atom stereocenters. The van der Waals surface area contributed by atoms with Crippen LogP contribution in [0.5, 0.6) is 0 Å². The topological polar surface area (TPSA) is 54.5 Å². The van der Waals surface area contributed by atoms with Crippen molar-refractivity contribution < 1.29 is 13.2 Å². The third-order valence-electron chi connectivity index (χ3n) is 4.36. The zero-order valence-corrected chi connectivity index (χ0v) is 17.3. The lowest BCUT2D eigenvalue weighted by molar-refractivity contribution is 0.100. The van der Waals surface area contributed by atoms with Crippen molar-refractivity contribution in [2.75, 3.05) is 4.31 Å². The van der Waals surface area contributed by atoms with E-state index in [1.54, 1.807) is 54.6 Å². The van der Waals surface area contributed by atoms with Crippen LogP contribution in [0.15, 0.2) is 82.2 Å². The highest BCUT2D eigenvalue weighted by molar-refractivity contribution is 9.10. The summed E-state index contributed by atoms with van der Waals surface area (Å²) in [6, 6.07) is 20.1. The number of carbonyl (C=O) groups is 1. The second kappa shape index (κ2) is 7.66. The molecule has 6 heteroatoms. The zero-order valence-electron chi connectivity index (χ0n) is 14.9. The summed E-state index contributed by atoms with van der Waals surface area (Å²) in [7, 11) is -4.09. The van der Waals surface area contributed by atoms with Crippen molar-refractivity contribution in [2.24, 2.45) is 0 Å². The van der Waals surface area contributed by atoms with Crippen molar-refractivity contribution in [3.8, 4) is 0 Å². The van der Waals surface area contributed by atoms with Crippen LogP contribution in [0.4, 0.5) is 5.69 Å². The minimum atomic E-state index is -4.09. The summed E-state index contributed by atoms with van der Waals surface area (Å²) >= 11 is 3.35. The van der Waals surface area contributed by atoms with Gasteiger partial charge in [-0.2, -0.15) is 4.31 Å². The van der Waals surface area contributed by atoms with Crippen molar-refractivity contribution in [2.45, 2.75) is 18.7 Å². The minimum Gasteiger partial charge on any atom is -0.268 e. The summed E-state index contributed by atoms with van der Waals surface area (Å²) in [5.41, 5.74) is 2.26. The Morgan fingerprint density at radius 1 is 0.852 bits per heavy atom. The smallest absolute Gasteiger partial charge is 0.268 e. The Hall–Kier alpha value is -2.44. The first-order valence-corrected chi connectivity index (χ1v) is 10.5. The Bertz CT molecular complexity index is 1100. The number of halogens is 1. The predicted molar refractivity (Wildman–Crippen MR) is 110 cm³/mol. The van der Waals surface area contributed by atoms with Gasteiger partial charge < -0.3 is 0 Å². The van der Waals surface area contributed by atoms with Crippen molar-refractivity contribution in [3.63, 3.8) is 0 Å². The zero-order chi connectivity index (χ0) is 19.6. The lowest BCUT2D eigenvalue weighted by atomic mass is 10.1. The van der Waals surface area contributed by atoms with Gasteiger partial charge >= 0.3 is 0 Å². The fourth-order valence-electron chi connectivity index (χ4n) is 2.75. The Balaban J connectivity index is 2.26. The molecule has 0 saturated heterocycles. The Morgan fingerprint density at radius 3 is 2.15 bits per heavy atom. The molecule has 27 heavy (non-hydrogen) atoms.